The van der Waals surface area contributed by atoms with E-state index < -0.39 is 0 Å². The Labute approximate surface area is 243 Å². The average molecular weight is 587 g/mol. The summed E-state index contributed by atoms with van der Waals surface area (Å²) in [6.07, 6.45) is 6.71. The number of nitrogens with zero attached hydrogens (tertiary/aromatic N) is 4. The highest BCUT2D eigenvalue weighted by Crippen LogP contribution is 2.46. The van der Waals surface area contributed by atoms with Crippen molar-refractivity contribution in [1.29, 1.82) is 0 Å². The number of hydrogen-bond acceptors (Lipinski definition) is 9. The molecule has 40 heavy (non-hydrogen) atoms. The Hall–Kier alpha value is -3.14. The summed E-state index contributed by atoms with van der Waals surface area (Å²) >= 11 is 13.5. The molecule has 2 atom stereocenters. The summed E-state index contributed by atoms with van der Waals surface area (Å²) < 4.78 is 16.7. The number of aromatic nitrogens is 3. The van der Waals surface area contributed by atoms with E-state index in [1.54, 1.807) is 26.5 Å². The number of ether oxygens (including phenoxy) is 3. The number of pyridine rings is 1. The Morgan fingerprint density at radius 1 is 1.18 bits per heavy atom. The van der Waals surface area contributed by atoms with Gasteiger partial charge in [0.2, 0.25) is 5.95 Å². The number of halogens is 2. The molecule has 2 fully saturated rings. The number of anilines is 2. The Morgan fingerprint density at radius 3 is 2.55 bits per heavy atom. The minimum atomic E-state index is -0.100. The Morgan fingerprint density at radius 2 is 1.90 bits per heavy atom. The molecule has 1 aliphatic carbocycles. The van der Waals surface area contributed by atoms with E-state index in [1.165, 1.54) is 18.9 Å². The van der Waals surface area contributed by atoms with Crippen LogP contribution in [0.3, 0.4) is 0 Å². The highest BCUT2D eigenvalue weighted by Gasteiger charge is 2.29. The van der Waals surface area contributed by atoms with Crippen molar-refractivity contribution in [2.45, 2.75) is 31.7 Å². The number of carbonyl (C=O) groups excluding carboxylic acids is 1. The number of allylic oxidation sites excluding steroid dienone is 1. The van der Waals surface area contributed by atoms with Crippen LogP contribution in [0.5, 0.6) is 11.5 Å². The van der Waals surface area contributed by atoms with Gasteiger partial charge < -0.3 is 24.4 Å². The molecule has 3 heterocycles. The van der Waals surface area contributed by atoms with Crippen LogP contribution in [0.4, 0.5) is 11.8 Å². The highest BCUT2D eigenvalue weighted by atomic mass is 35.5. The van der Waals surface area contributed by atoms with E-state index in [0.717, 1.165) is 18.4 Å². The van der Waals surface area contributed by atoms with Gasteiger partial charge in [0.25, 0.3) is 0 Å². The summed E-state index contributed by atoms with van der Waals surface area (Å²) in [4.78, 5) is 28.7. The summed E-state index contributed by atoms with van der Waals surface area (Å²) in [5.74, 6) is 2.75. The first kappa shape index (κ1) is 28.4. The lowest BCUT2D eigenvalue weighted by molar-refractivity contribution is -0.116. The number of methoxy groups -OCH3 is 2. The van der Waals surface area contributed by atoms with Gasteiger partial charge in [-0.25, -0.2) is 15.0 Å². The first-order valence-electron chi connectivity index (χ1n) is 13.3. The zero-order chi connectivity index (χ0) is 28.4. The standard InChI is InChI=1S/C29H33Cl2N5O4/c1-5-19(37)10-17-8-9-40-15-21(17)34-29-32-13-18-11-20(24-25(30)22(38-3)12-23(39-4)26(24)31)33-28(27(18)35-29)36(2)14-16-6-7-16/h5,11-13,16-17,21H,1,6-10,14-15H2,2-4H3,(H,32,34,35)/t17-,21-/m1/s1. The molecule has 5 rings (SSSR count). The lowest BCUT2D eigenvalue weighted by Gasteiger charge is -2.31. The number of benzene rings is 1. The molecule has 1 aromatic carbocycles. The second kappa shape index (κ2) is 12.2. The zero-order valence-electron chi connectivity index (χ0n) is 22.9. The molecular weight excluding hydrogens is 553 g/mol. The van der Waals surface area contributed by atoms with E-state index >= 15 is 0 Å². The monoisotopic (exact) mass is 585 g/mol. The molecule has 3 aromatic rings. The highest BCUT2D eigenvalue weighted by molar-refractivity contribution is 6.41. The molecule has 1 aliphatic heterocycles. The molecule has 1 saturated carbocycles. The summed E-state index contributed by atoms with van der Waals surface area (Å²) in [6, 6.07) is 3.42. The van der Waals surface area contributed by atoms with Crippen LogP contribution in [-0.4, -0.2) is 67.8 Å². The number of ketones is 1. The Kier molecular flexibility index (Phi) is 8.63. The predicted molar refractivity (Wildman–Crippen MR) is 158 cm³/mol. The molecule has 0 bridgehead atoms. The molecule has 1 saturated heterocycles. The van der Waals surface area contributed by atoms with E-state index in [4.69, 9.17) is 47.4 Å². The van der Waals surface area contributed by atoms with Crippen LogP contribution >= 0.6 is 23.2 Å². The zero-order valence-corrected chi connectivity index (χ0v) is 24.4. The number of nitrogens with one attached hydrogen (secondary N) is 1. The van der Waals surface area contributed by atoms with Crippen LogP contribution in [0.25, 0.3) is 22.2 Å². The van der Waals surface area contributed by atoms with E-state index in [2.05, 4.69) is 21.8 Å². The first-order valence-corrected chi connectivity index (χ1v) is 14.1. The molecule has 9 nitrogen and oxygen atoms in total. The van der Waals surface area contributed by atoms with Crippen LogP contribution in [0, 0.1) is 11.8 Å². The van der Waals surface area contributed by atoms with Crippen molar-refractivity contribution in [3.05, 3.63) is 41.0 Å². The van der Waals surface area contributed by atoms with Gasteiger partial charge in [0.15, 0.2) is 11.6 Å². The van der Waals surface area contributed by atoms with Crippen molar-refractivity contribution in [2.24, 2.45) is 11.8 Å². The van der Waals surface area contributed by atoms with Crippen LogP contribution in [0.1, 0.15) is 25.7 Å². The van der Waals surface area contributed by atoms with Gasteiger partial charge in [-0.2, -0.15) is 0 Å². The van der Waals surface area contributed by atoms with Crippen molar-refractivity contribution >= 4 is 51.7 Å². The maximum absolute atomic E-state index is 12.1. The van der Waals surface area contributed by atoms with Gasteiger partial charge in [0.05, 0.1) is 42.6 Å². The molecule has 212 valence electrons. The van der Waals surface area contributed by atoms with E-state index in [0.29, 0.717) is 75.6 Å². The summed E-state index contributed by atoms with van der Waals surface area (Å²) in [5, 5.41) is 4.87. The maximum atomic E-state index is 12.1. The molecule has 0 radical (unpaired) electrons. The van der Waals surface area contributed by atoms with Gasteiger partial charge in [0, 0.05) is 49.8 Å². The maximum Gasteiger partial charge on any atom is 0.223 e. The minimum absolute atomic E-state index is 0.0188. The lowest BCUT2D eigenvalue weighted by atomic mass is 9.90. The SMILES string of the molecule is C=CC(=O)C[C@H]1CCOC[C@H]1Nc1ncc2cc(-c3c(Cl)c(OC)cc(OC)c3Cl)nc(N(C)CC3CC3)c2n1. The number of carbonyl (C=O) groups is 1. The second-order valence-electron chi connectivity index (χ2n) is 10.3. The molecule has 2 aromatic heterocycles. The van der Waals surface area contributed by atoms with Crippen LogP contribution in [-0.2, 0) is 9.53 Å². The molecule has 11 heteroatoms. The third kappa shape index (κ3) is 5.96. The minimum Gasteiger partial charge on any atom is -0.495 e. The average Bonchev–Trinajstić information content (AvgIpc) is 3.78. The summed E-state index contributed by atoms with van der Waals surface area (Å²) in [7, 11) is 5.09. The largest absolute Gasteiger partial charge is 0.495 e. The Bertz CT molecular complexity index is 1400. The molecule has 0 spiro atoms. The van der Waals surface area contributed by atoms with E-state index in [1.807, 2.05) is 13.1 Å². The van der Waals surface area contributed by atoms with E-state index in [9.17, 15) is 4.79 Å². The Balaban J connectivity index is 1.57. The summed E-state index contributed by atoms with van der Waals surface area (Å²) in [5.41, 5.74) is 1.77. The lowest BCUT2D eigenvalue weighted by Crippen LogP contribution is -2.40. The van der Waals surface area contributed by atoms with E-state index in [-0.39, 0.29) is 17.7 Å². The fraction of sp³-hybridized carbons (Fsp3) is 0.448. The fourth-order valence-corrected chi connectivity index (χ4v) is 5.76. The summed E-state index contributed by atoms with van der Waals surface area (Å²) in [6.45, 7) is 5.55. The molecule has 0 unspecified atom stereocenters. The van der Waals surface area contributed by atoms with Crippen LogP contribution in [0.2, 0.25) is 10.0 Å². The normalized spacial score (nSPS) is 18.8. The van der Waals surface area contributed by atoms with Crippen molar-refractivity contribution < 1.29 is 19.0 Å². The molecular formula is C29H33Cl2N5O4. The van der Waals surface area contributed by atoms with Crippen molar-refractivity contribution in [1.82, 2.24) is 15.0 Å². The third-order valence-electron chi connectivity index (χ3n) is 7.47. The van der Waals surface area contributed by atoms with Gasteiger partial charge in [-0.1, -0.05) is 29.8 Å². The molecule has 0 amide bonds. The van der Waals surface area contributed by atoms with Crippen LogP contribution in [0.15, 0.2) is 31.0 Å². The predicted octanol–water partition coefficient (Wildman–Crippen LogP) is 5.82. The smallest absolute Gasteiger partial charge is 0.223 e. The van der Waals surface area contributed by atoms with Crippen molar-refractivity contribution in [3.63, 3.8) is 0 Å². The molecule has 2 aliphatic rings. The molecule has 1 N–H and O–H groups in total. The van der Waals surface area contributed by atoms with Gasteiger partial charge in [-0.05, 0) is 43.2 Å². The van der Waals surface area contributed by atoms with Gasteiger partial charge in [-0.15, -0.1) is 0 Å². The van der Waals surface area contributed by atoms with Crippen LogP contribution < -0.4 is 19.7 Å². The van der Waals surface area contributed by atoms with Gasteiger partial charge in [-0.3, -0.25) is 4.79 Å². The van der Waals surface area contributed by atoms with Gasteiger partial charge in [0.1, 0.15) is 17.0 Å². The van der Waals surface area contributed by atoms with Crippen molar-refractivity contribution in [3.8, 4) is 22.8 Å². The quantitative estimate of drug-likeness (QED) is 0.279. The van der Waals surface area contributed by atoms with Gasteiger partial charge >= 0.3 is 0 Å². The second-order valence-corrected chi connectivity index (χ2v) is 11.1. The fourth-order valence-electron chi connectivity index (χ4n) is 5.06. The third-order valence-corrected chi connectivity index (χ3v) is 8.22. The first-order chi connectivity index (χ1) is 19.3. The number of fused-ring (bicyclic) bond motifs is 1. The topological polar surface area (TPSA) is 98.7 Å². The number of hydrogen-bond donors (Lipinski definition) is 1. The van der Waals surface area contributed by atoms with Crippen molar-refractivity contribution in [2.75, 3.05) is 51.2 Å². The number of rotatable bonds is 11.